The zero-order valence-electron chi connectivity index (χ0n) is 17.0. The molecule has 3 aromatic rings. The molecule has 0 fully saturated rings. The van der Waals surface area contributed by atoms with Gasteiger partial charge in [-0.1, -0.05) is 36.4 Å². The minimum atomic E-state index is 0.227. The molecular formula is C24H29N3O2. The summed E-state index contributed by atoms with van der Waals surface area (Å²) in [6.07, 6.45) is 6.78. The fourth-order valence-electron chi connectivity index (χ4n) is 4.14. The van der Waals surface area contributed by atoms with Gasteiger partial charge in [-0.05, 0) is 48.1 Å². The SMILES string of the molecule is Cn1ccnc1COc1ccc(CN(CCCO)[C@H]2CCc3ccccc32)cc1. The monoisotopic (exact) mass is 391 g/mol. The van der Waals surface area contributed by atoms with Crippen LogP contribution in [0.1, 0.15) is 41.4 Å². The van der Waals surface area contributed by atoms with Crippen LogP contribution in [0.5, 0.6) is 5.75 Å². The third-order valence-corrected chi connectivity index (χ3v) is 5.74. The molecule has 1 aliphatic rings. The summed E-state index contributed by atoms with van der Waals surface area (Å²) in [7, 11) is 1.97. The highest BCUT2D eigenvalue weighted by molar-refractivity contribution is 5.35. The molecule has 4 rings (SSSR count). The van der Waals surface area contributed by atoms with Crippen molar-refractivity contribution < 1.29 is 9.84 Å². The molecule has 1 heterocycles. The Labute approximate surface area is 172 Å². The van der Waals surface area contributed by atoms with Crippen LogP contribution in [0.2, 0.25) is 0 Å². The van der Waals surface area contributed by atoms with E-state index in [2.05, 4.69) is 46.3 Å². The fourth-order valence-corrected chi connectivity index (χ4v) is 4.14. The molecule has 0 amide bonds. The van der Waals surface area contributed by atoms with E-state index in [9.17, 15) is 5.11 Å². The average Bonchev–Trinajstić information content (AvgIpc) is 3.36. The number of nitrogens with zero attached hydrogens (tertiary/aromatic N) is 3. The Morgan fingerprint density at radius 3 is 2.76 bits per heavy atom. The highest BCUT2D eigenvalue weighted by Crippen LogP contribution is 2.36. The first-order valence-electron chi connectivity index (χ1n) is 10.4. The molecule has 1 aliphatic carbocycles. The third kappa shape index (κ3) is 4.69. The molecule has 5 heteroatoms. The van der Waals surface area contributed by atoms with Crippen molar-refractivity contribution in [3.63, 3.8) is 0 Å². The second kappa shape index (κ2) is 9.25. The Kier molecular flexibility index (Phi) is 6.27. The topological polar surface area (TPSA) is 50.5 Å². The standard InChI is InChI=1S/C24H29N3O2/c1-26-15-13-25-24(26)18-29-21-10-7-19(8-11-21)17-27(14-4-16-28)23-12-9-20-5-2-3-6-22(20)23/h2-3,5-8,10-11,13,15,23,28H,4,9,12,14,16-18H2,1H3/t23-/m0/s1. The van der Waals surface area contributed by atoms with Gasteiger partial charge in [-0.15, -0.1) is 0 Å². The summed E-state index contributed by atoms with van der Waals surface area (Å²) in [5.74, 6) is 1.76. The maximum atomic E-state index is 9.36. The Bertz CT molecular complexity index is 920. The summed E-state index contributed by atoms with van der Waals surface area (Å²) in [6.45, 7) is 2.46. The number of aryl methyl sites for hydroxylation is 2. The van der Waals surface area contributed by atoms with Crippen molar-refractivity contribution in [2.45, 2.75) is 38.5 Å². The fraction of sp³-hybridized carbons (Fsp3) is 0.375. The highest BCUT2D eigenvalue weighted by Gasteiger charge is 2.27. The third-order valence-electron chi connectivity index (χ3n) is 5.74. The van der Waals surface area contributed by atoms with E-state index in [0.29, 0.717) is 12.6 Å². The van der Waals surface area contributed by atoms with Crippen LogP contribution in [-0.4, -0.2) is 32.7 Å². The van der Waals surface area contributed by atoms with Crippen LogP contribution in [0, 0.1) is 0 Å². The minimum Gasteiger partial charge on any atom is -0.486 e. The lowest BCUT2D eigenvalue weighted by Gasteiger charge is -2.29. The van der Waals surface area contributed by atoms with Gasteiger partial charge in [0.25, 0.3) is 0 Å². The average molecular weight is 392 g/mol. The van der Waals surface area contributed by atoms with Gasteiger partial charge >= 0.3 is 0 Å². The van der Waals surface area contributed by atoms with Crippen LogP contribution in [0.15, 0.2) is 60.9 Å². The van der Waals surface area contributed by atoms with E-state index in [-0.39, 0.29) is 6.61 Å². The zero-order valence-corrected chi connectivity index (χ0v) is 17.0. The summed E-state index contributed by atoms with van der Waals surface area (Å²) in [6, 6.07) is 17.5. The largest absolute Gasteiger partial charge is 0.486 e. The van der Waals surface area contributed by atoms with E-state index in [1.807, 2.05) is 29.9 Å². The minimum absolute atomic E-state index is 0.227. The van der Waals surface area contributed by atoms with E-state index in [1.165, 1.54) is 16.7 Å². The van der Waals surface area contributed by atoms with Gasteiger partial charge in [0.05, 0.1) is 0 Å². The van der Waals surface area contributed by atoms with Gasteiger partial charge in [-0.2, -0.15) is 0 Å². The van der Waals surface area contributed by atoms with Crippen molar-refractivity contribution in [2.75, 3.05) is 13.2 Å². The molecule has 0 radical (unpaired) electrons. The van der Waals surface area contributed by atoms with Gasteiger partial charge in [0.15, 0.2) is 0 Å². The van der Waals surface area contributed by atoms with Crippen molar-refractivity contribution in [1.82, 2.24) is 14.5 Å². The number of aliphatic hydroxyl groups is 1. The molecule has 0 spiro atoms. The van der Waals surface area contributed by atoms with Crippen LogP contribution in [0.4, 0.5) is 0 Å². The molecule has 5 nitrogen and oxygen atoms in total. The number of fused-ring (bicyclic) bond motifs is 1. The molecule has 1 atom stereocenters. The smallest absolute Gasteiger partial charge is 0.146 e. The molecule has 152 valence electrons. The Morgan fingerprint density at radius 1 is 1.17 bits per heavy atom. The number of rotatable bonds is 9. The number of aliphatic hydroxyl groups excluding tert-OH is 1. The van der Waals surface area contributed by atoms with Gasteiger partial charge in [0.1, 0.15) is 18.2 Å². The van der Waals surface area contributed by atoms with Crippen LogP contribution in [0.25, 0.3) is 0 Å². The summed E-state index contributed by atoms with van der Waals surface area (Å²) in [5, 5.41) is 9.36. The summed E-state index contributed by atoms with van der Waals surface area (Å²) in [4.78, 5) is 6.80. The van der Waals surface area contributed by atoms with Gasteiger partial charge in [0, 0.05) is 45.2 Å². The summed E-state index contributed by atoms with van der Waals surface area (Å²) >= 11 is 0. The van der Waals surface area contributed by atoms with Crippen LogP contribution in [-0.2, 0) is 26.6 Å². The van der Waals surface area contributed by atoms with Gasteiger partial charge in [0.2, 0.25) is 0 Å². The van der Waals surface area contributed by atoms with E-state index in [1.54, 1.807) is 6.20 Å². The van der Waals surface area contributed by atoms with Crippen LogP contribution in [0.3, 0.4) is 0 Å². The second-order valence-electron chi connectivity index (χ2n) is 7.69. The van der Waals surface area contributed by atoms with Gasteiger partial charge in [-0.3, -0.25) is 4.90 Å². The van der Waals surface area contributed by atoms with Crippen molar-refractivity contribution in [3.05, 3.63) is 83.4 Å². The Balaban J connectivity index is 1.42. The number of aromatic nitrogens is 2. The van der Waals surface area contributed by atoms with Crippen LogP contribution >= 0.6 is 0 Å². The number of benzene rings is 2. The predicted molar refractivity (Wildman–Crippen MR) is 114 cm³/mol. The van der Waals surface area contributed by atoms with Gasteiger partial charge in [-0.25, -0.2) is 4.98 Å². The maximum absolute atomic E-state index is 9.36. The molecule has 1 N–H and O–H groups in total. The lowest BCUT2D eigenvalue weighted by Crippen LogP contribution is -2.28. The van der Waals surface area contributed by atoms with Crippen molar-refractivity contribution in [2.24, 2.45) is 7.05 Å². The van der Waals surface area contributed by atoms with E-state index in [4.69, 9.17) is 4.74 Å². The first-order valence-corrected chi connectivity index (χ1v) is 10.4. The number of imidazole rings is 1. The van der Waals surface area contributed by atoms with Crippen molar-refractivity contribution >= 4 is 0 Å². The predicted octanol–water partition coefficient (Wildman–Crippen LogP) is 3.87. The quantitative estimate of drug-likeness (QED) is 0.602. The van der Waals surface area contributed by atoms with E-state index >= 15 is 0 Å². The number of ether oxygens (including phenoxy) is 1. The van der Waals surface area contributed by atoms with Crippen molar-refractivity contribution in [3.8, 4) is 5.75 Å². The van der Waals surface area contributed by atoms with Crippen molar-refractivity contribution in [1.29, 1.82) is 0 Å². The molecular weight excluding hydrogens is 362 g/mol. The summed E-state index contributed by atoms with van der Waals surface area (Å²) < 4.78 is 7.84. The Morgan fingerprint density at radius 2 is 2.00 bits per heavy atom. The summed E-state index contributed by atoms with van der Waals surface area (Å²) in [5.41, 5.74) is 4.17. The molecule has 0 unspecified atom stereocenters. The molecule has 1 aromatic heterocycles. The maximum Gasteiger partial charge on any atom is 0.146 e. The molecule has 0 saturated heterocycles. The molecule has 0 bridgehead atoms. The first kappa shape index (κ1) is 19.7. The number of hydrogen-bond donors (Lipinski definition) is 1. The van der Waals surface area contributed by atoms with E-state index in [0.717, 1.165) is 43.9 Å². The molecule has 0 saturated carbocycles. The first-order chi connectivity index (χ1) is 14.2. The second-order valence-corrected chi connectivity index (χ2v) is 7.69. The van der Waals surface area contributed by atoms with E-state index < -0.39 is 0 Å². The molecule has 0 aliphatic heterocycles. The zero-order chi connectivity index (χ0) is 20.1. The highest BCUT2D eigenvalue weighted by atomic mass is 16.5. The van der Waals surface area contributed by atoms with Crippen LogP contribution < -0.4 is 4.74 Å². The number of hydrogen-bond acceptors (Lipinski definition) is 4. The lowest BCUT2D eigenvalue weighted by molar-refractivity contribution is 0.165. The molecule has 29 heavy (non-hydrogen) atoms. The van der Waals surface area contributed by atoms with Gasteiger partial charge < -0.3 is 14.4 Å². The molecule has 2 aromatic carbocycles. The normalized spacial score (nSPS) is 15.6. The Hall–Kier alpha value is -2.63. The lowest BCUT2D eigenvalue weighted by atomic mass is 10.1.